The normalized spacial score (nSPS) is 18.1. The number of hydrogen-bond acceptors (Lipinski definition) is 3. The molecule has 0 spiro atoms. The van der Waals surface area contributed by atoms with Crippen molar-refractivity contribution in [2.45, 2.75) is 45.2 Å². The molecule has 3 rings (SSSR count). The van der Waals surface area contributed by atoms with Crippen LogP contribution in [0.2, 0.25) is 0 Å². The van der Waals surface area contributed by atoms with Gasteiger partial charge in [0.2, 0.25) is 0 Å². The maximum absolute atomic E-state index is 9.81. The van der Waals surface area contributed by atoms with Crippen LogP contribution in [0.15, 0.2) is 36.7 Å². The van der Waals surface area contributed by atoms with Crippen LogP contribution in [0, 0.1) is 6.92 Å². The van der Waals surface area contributed by atoms with Crippen molar-refractivity contribution in [3.05, 3.63) is 53.3 Å². The highest BCUT2D eigenvalue weighted by Crippen LogP contribution is 2.29. The summed E-state index contributed by atoms with van der Waals surface area (Å²) in [6.45, 7) is 5.41. The lowest BCUT2D eigenvalue weighted by atomic mass is 9.93. The Hall–Kier alpha value is -1.65. The summed E-state index contributed by atoms with van der Waals surface area (Å²) < 4.78 is 2.03. The van der Waals surface area contributed by atoms with E-state index in [0.29, 0.717) is 0 Å². The zero-order chi connectivity index (χ0) is 16.1. The largest absolute Gasteiger partial charge is 0.394 e. The van der Waals surface area contributed by atoms with Crippen molar-refractivity contribution in [3.63, 3.8) is 0 Å². The molecule has 1 unspecified atom stereocenters. The van der Waals surface area contributed by atoms with E-state index in [-0.39, 0.29) is 12.6 Å². The van der Waals surface area contributed by atoms with Gasteiger partial charge in [-0.15, -0.1) is 0 Å². The molecule has 1 aromatic carbocycles. The maximum Gasteiger partial charge on any atom is 0.0628 e. The molecule has 124 valence electrons. The molecule has 0 fully saturated rings. The Morgan fingerprint density at radius 2 is 2.00 bits per heavy atom. The molecule has 1 atom stereocenters. The number of aromatic nitrogens is 2. The highest BCUT2D eigenvalue weighted by Gasteiger charge is 2.25. The lowest BCUT2D eigenvalue weighted by Gasteiger charge is -2.36. The van der Waals surface area contributed by atoms with Crippen LogP contribution < -0.4 is 0 Å². The third-order valence-electron chi connectivity index (χ3n) is 4.79. The van der Waals surface area contributed by atoms with Crippen molar-refractivity contribution in [1.29, 1.82) is 0 Å². The third kappa shape index (κ3) is 4.01. The summed E-state index contributed by atoms with van der Waals surface area (Å²) in [5, 5.41) is 14.1. The quantitative estimate of drug-likeness (QED) is 0.799. The van der Waals surface area contributed by atoms with E-state index in [1.165, 1.54) is 29.5 Å². The van der Waals surface area contributed by atoms with E-state index in [1.54, 1.807) is 0 Å². The molecular formula is C19H27N3O. The molecule has 2 heterocycles. The first-order valence-corrected chi connectivity index (χ1v) is 8.69. The Bertz CT molecular complexity index is 623. The van der Waals surface area contributed by atoms with Gasteiger partial charge in [-0.05, 0) is 49.4 Å². The van der Waals surface area contributed by atoms with Gasteiger partial charge in [0, 0.05) is 19.3 Å². The van der Waals surface area contributed by atoms with Gasteiger partial charge in [-0.3, -0.25) is 9.58 Å². The number of benzene rings is 1. The first-order chi connectivity index (χ1) is 11.3. The number of fused-ring (bicyclic) bond motifs is 1. The summed E-state index contributed by atoms with van der Waals surface area (Å²) >= 11 is 0. The minimum absolute atomic E-state index is 0.175. The SMILES string of the molecule is Cc1cnn(CCCCCN2CCc3ccccc3C2CO)c1. The third-order valence-corrected chi connectivity index (χ3v) is 4.79. The van der Waals surface area contributed by atoms with Gasteiger partial charge in [-0.2, -0.15) is 5.10 Å². The van der Waals surface area contributed by atoms with E-state index in [4.69, 9.17) is 0 Å². The average molecular weight is 313 g/mol. The Morgan fingerprint density at radius 1 is 1.17 bits per heavy atom. The second-order valence-electron chi connectivity index (χ2n) is 6.52. The summed E-state index contributed by atoms with van der Waals surface area (Å²) in [5.41, 5.74) is 3.94. The number of unbranched alkanes of at least 4 members (excludes halogenated alkanes) is 2. The fraction of sp³-hybridized carbons (Fsp3) is 0.526. The predicted octanol–water partition coefficient (Wildman–Crippen LogP) is 2.95. The lowest BCUT2D eigenvalue weighted by Crippen LogP contribution is -2.38. The van der Waals surface area contributed by atoms with Gasteiger partial charge in [0.05, 0.1) is 18.8 Å². The summed E-state index contributed by atoms with van der Waals surface area (Å²) in [7, 11) is 0. The molecule has 1 N–H and O–H groups in total. The van der Waals surface area contributed by atoms with Crippen LogP contribution in [-0.2, 0) is 13.0 Å². The van der Waals surface area contributed by atoms with Crippen LogP contribution in [0.3, 0.4) is 0 Å². The number of nitrogens with zero attached hydrogens (tertiary/aromatic N) is 3. The molecule has 1 aromatic heterocycles. The van der Waals surface area contributed by atoms with E-state index in [1.807, 2.05) is 10.9 Å². The topological polar surface area (TPSA) is 41.3 Å². The van der Waals surface area contributed by atoms with Gasteiger partial charge in [0.1, 0.15) is 0 Å². The van der Waals surface area contributed by atoms with Crippen LogP contribution in [0.5, 0.6) is 0 Å². The molecule has 23 heavy (non-hydrogen) atoms. The van der Waals surface area contributed by atoms with Gasteiger partial charge in [0.25, 0.3) is 0 Å². The van der Waals surface area contributed by atoms with Crippen molar-refractivity contribution in [2.75, 3.05) is 19.7 Å². The molecule has 1 aliphatic heterocycles. The van der Waals surface area contributed by atoms with E-state index in [9.17, 15) is 5.11 Å². The number of rotatable bonds is 7. The zero-order valence-corrected chi connectivity index (χ0v) is 14.0. The minimum atomic E-state index is 0.175. The maximum atomic E-state index is 9.81. The van der Waals surface area contributed by atoms with Crippen LogP contribution in [0.4, 0.5) is 0 Å². The summed E-state index contributed by atoms with van der Waals surface area (Å²) in [5.74, 6) is 0. The summed E-state index contributed by atoms with van der Waals surface area (Å²) in [6, 6.07) is 8.72. The van der Waals surface area contributed by atoms with Crippen molar-refractivity contribution < 1.29 is 5.11 Å². The molecule has 0 saturated heterocycles. The van der Waals surface area contributed by atoms with Crippen molar-refractivity contribution in [2.24, 2.45) is 0 Å². The molecule has 2 aromatic rings. The van der Waals surface area contributed by atoms with Crippen LogP contribution >= 0.6 is 0 Å². The van der Waals surface area contributed by atoms with Crippen molar-refractivity contribution in [3.8, 4) is 0 Å². The van der Waals surface area contributed by atoms with Gasteiger partial charge in [-0.1, -0.05) is 30.7 Å². The minimum Gasteiger partial charge on any atom is -0.394 e. The number of hydrogen-bond donors (Lipinski definition) is 1. The Labute approximate surface area is 138 Å². The monoisotopic (exact) mass is 313 g/mol. The van der Waals surface area contributed by atoms with Crippen molar-refractivity contribution >= 4 is 0 Å². The van der Waals surface area contributed by atoms with Gasteiger partial charge >= 0.3 is 0 Å². The van der Waals surface area contributed by atoms with Crippen LogP contribution in [-0.4, -0.2) is 39.5 Å². The van der Waals surface area contributed by atoms with E-state index < -0.39 is 0 Å². The van der Waals surface area contributed by atoms with E-state index in [2.05, 4.69) is 47.4 Å². The molecular weight excluding hydrogens is 286 g/mol. The summed E-state index contributed by atoms with van der Waals surface area (Å²) in [4.78, 5) is 2.44. The fourth-order valence-electron chi connectivity index (χ4n) is 3.54. The van der Waals surface area contributed by atoms with Gasteiger partial charge in [-0.25, -0.2) is 0 Å². The second kappa shape index (κ2) is 7.75. The number of aliphatic hydroxyl groups is 1. The Kier molecular flexibility index (Phi) is 5.47. The number of aliphatic hydroxyl groups excluding tert-OH is 1. The lowest BCUT2D eigenvalue weighted by molar-refractivity contribution is 0.112. The Morgan fingerprint density at radius 3 is 2.78 bits per heavy atom. The molecule has 1 aliphatic rings. The summed E-state index contributed by atoms with van der Waals surface area (Å²) in [6.07, 6.45) is 8.66. The fourth-order valence-corrected chi connectivity index (χ4v) is 3.54. The van der Waals surface area contributed by atoms with Crippen LogP contribution in [0.1, 0.15) is 42.0 Å². The first-order valence-electron chi connectivity index (χ1n) is 8.69. The smallest absolute Gasteiger partial charge is 0.0628 e. The zero-order valence-electron chi connectivity index (χ0n) is 14.0. The standard InChI is InChI=1S/C19H27N3O/c1-16-13-20-22(14-16)11-6-2-5-10-21-12-9-17-7-3-4-8-18(17)19(21)15-23/h3-4,7-8,13-14,19,23H,2,5-6,9-12,15H2,1H3. The first kappa shape index (κ1) is 16.2. The van der Waals surface area contributed by atoms with Gasteiger partial charge in [0.15, 0.2) is 0 Å². The highest BCUT2D eigenvalue weighted by atomic mass is 16.3. The molecule has 0 saturated carbocycles. The predicted molar refractivity (Wildman–Crippen MR) is 92.4 cm³/mol. The van der Waals surface area contributed by atoms with Gasteiger partial charge < -0.3 is 5.11 Å². The van der Waals surface area contributed by atoms with Crippen LogP contribution in [0.25, 0.3) is 0 Å². The molecule has 0 amide bonds. The highest BCUT2D eigenvalue weighted by molar-refractivity contribution is 5.32. The van der Waals surface area contributed by atoms with E-state index in [0.717, 1.165) is 32.5 Å². The average Bonchev–Trinajstić information content (AvgIpc) is 2.99. The van der Waals surface area contributed by atoms with E-state index >= 15 is 0 Å². The second-order valence-corrected chi connectivity index (χ2v) is 6.52. The Balaban J connectivity index is 1.45. The van der Waals surface area contributed by atoms with Crippen molar-refractivity contribution in [1.82, 2.24) is 14.7 Å². The molecule has 0 aliphatic carbocycles. The molecule has 0 radical (unpaired) electrons. The number of aryl methyl sites for hydroxylation is 2. The molecule has 4 nitrogen and oxygen atoms in total. The molecule has 0 bridgehead atoms. The molecule has 4 heteroatoms.